The smallest absolute Gasteiger partial charge is 0.348 e. The van der Waals surface area contributed by atoms with Crippen molar-refractivity contribution < 1.29 is 31.1 Å². The molecule has 0 atom stereocenters. The maximum absolute atomic E-state index is 13.3. The van der Waals surface area contributed by atoms with Gasteiger partial charge in [-0.1, -0.05) is 32.1 Å². The monoisotopic (exact) mass is 339 g/mol. The van der Waals surface area contributed by atoms with Crippen LogP contribution in [0.15, 0.2) is 0 Å². The number of carbonyl (C=O) groups excluding carboxylic acids is 1. The molecule has 124 valence electrons. The zero-order valence-corrected chi connectivity index (χ0v) is 11.8. The Morgan fingerprint density at radius 2 is 1.33 bits per heavy atom. The van der Waals surface area contributed by atoms with E-state index in [1.165, 1.54) is 0 Å². The molecule has 0 heterocycles. The first-order valence-electron chi connectivity index (χ1n) is 6.63. The maximum atomic E-state index is 13.3. The molecule has 1 rings (SSSR count). The SMILES string of the molecule is O=C(NC1CCCCCCC1)C(F)(F)C(F)(F)C(F)(F)Cl. The van der Waals surface area contributed by atoms with Crippen molar-refractivity contribution in [2.24, 2.45) is 0 Å². The Labute approximate surface area is 123 Å². The van der Waals surface area contributed by atoms with Crippen LogP contribution in [0.3, 0.4) is 0 Å². The molecule has 0 radical (unpaired) electrons. The molecule has 0 aromatic rings. The second-order valence-electron chi connectivity index (χ2n) is 5.16. The van der Waals surface area contributed by atoms with Crippen LogP contribution in [0.1, 0.15) is 44.9 Å². The number of rotatable bonds is 4. The summed E-state index contributed by atoms with van der Waals surface area (Å²) in [5.74, 6) is -14.0. The summed E-state index contributed by atoms with van der Waals surface area (Å²) in [5.41, 5.74) is 0. The largest absolute Gasteiger partial charge is 0.395 e. The van der Waals surface area contributed by atoms with Crippen LogP contribution in [-0.4, -0.2) is 29.2 Å². The molecular weight excluding hydrogens is 324 g/mol. The van der Waals surface area contributed by atoms with Gasteiger partial charge in [0.25, 0.3) is 5.91 Å². The van der Waals surface area contributed by atoms with Crippen molar-refractivity contribution in [3.63, 3.8) is 0 Å². The van der Waals surface area contributed by atoms with Crippen LogP contribution in [0.5, 0.6) is 0 Å². The zero-order chi connectivity index (χ0) is 16.3. The molecule has 1 saturated carbocycles. The summed E-state index contributed by atoms with van der Waals surface area (Å²) in [7, 11) is 0. The molecule has 1 aliphatic rings. The Morgan fingerprint density at radius 3 is 1.76 bits per heavy atom. The standard InChI is InChI=1S/C12H16ClF6NO/c13-12(18,19)11(16,17)10(14,15)9(21)20-8-6-4-2-1-3-5-7-8/h8H,1-7H2,(H,20,21). The maximum Gasteiger partial charge on any atom is 0.395 e. The minimum Gasteiger partial charge on any atom is -0.348 e. The molecule has 0 aromatic carbocycles. The fourth-order valence-electron chi connectivity index (χ4n) is 2.20. The number of amides is 1. The van der Waals surface area contributed by atoms with Gasteiger partial charge in [-0.05, 0) is 24.4 Å². The first-order chi connectivity index (χ1) is 9.50. The van der Waals surface area contributed by atoms with Crippen molar-refractivity contribution in [2.75, 3.05) is 0 Å². The second kappa shape index (κ2) is 6.62. The fourth-order valence-corrected chi connectivity index (χ4v) is 2.32. The van der Waals surface area contributed by atoms with Crippen LogP contribution < -0.4 is 5.32 Å². The molecule has 0 aliphatic heterocycles. The molecule has 1 fully saturated rings. The van der Waals surface area contributed by atoms with Gasteiger partial charge in [-0.3, -0.25) is 4.79 Å². The van der Waals surface area contributed by atoms with Gasteiger partial charge in [0.1, 0.15) is 0 Å². The predicted octanol–water partition coefficient (Wildman–Crippen LogP) is 4.32. The van der Waals surface area contributed by atoms with E-state index in [0.29, 0.717) is 25.7 Å². The Hall–Kier alpha value is -0.660. The molecule has 0 spiro atoms. The number of carbonyl (C=O) groups is 1. The topological polar surface area (TPSA) is 29.1 Å². The first kappa shape index (κ1) is 18.4. The van der Waals surface area contributed by atoms with Gasteiger partial charge in [0.15, 0.2) is 0 Å². The van der Waals surface area contributed by atoms with E-state index in [0.717, 1.165) is 19.3 Å². The Balaban J connectivity index is 2.76. The molecule has 1 aliphatic carbocycles. The molecule has 0 bridgehead atoms. The molecule has 1 amide bonds. The molecule has 9 heteroatoms. The third-order valence-corrected chi connectivity index (χ3v) is 3.71. The quantitative estimate of drug-likeness (QED) is 0.600. The van der Waals surface area contributed by atoms with Gasteiger partial charge in [-0.25, -0.2) is 0 Å². The van der Waals surface area contributed by atoms with Crippen molar-refractivity contribution in [1.82, 2.24) is 5.32 Å². The Bertz CT molecular complexity index is 363. The van der Waals surface area contributed by atoms with Gasteiger partial charge in [0, 0.05) is 6.04 Å². The average molecular weight is 340 g/mol. The van der Waals surface area contributed by atoms with E-state index < -0.39 is 29.2 Å². The normalized spacial score (nSPS) is 19.8. The lowest BCUT2D eigenvalue weighted by Crippen LogP contribution is -2.60. The number of nitrogens with one attached hydrogen (secondary N) is 1. The van der Waals surface area contributed by atoms with E-state index in [-0.39, 0.29) is 0 Å². The van der Waals surface area contributed by atoms with Gasteiger partial charge in [-0.15, -0.1) is 0 Å². The lowest BCUT2D eigenvalue weighted by Gasteiger charge is -2.30. The van der Waals surface area contributed by atoms with Gasteiger partial charge >= 0.3 is 17.2 Å². The number of halogens is 7. The van der Waals surface area contributed by atoms with Crippen molar-refractivity contribution in [1.29, 1.82) is 0 Å². The number of alkyl halides is 7. The van der Waals surface area contributed by atoms with E-state index in [9.17, 15) is 31.1 Å². The van der Waals surface area contributed by atoms with Crippen LogP contribution in [0.25, 0.3) is 0 Å². The highest BCUT2D eigenvalue weighted by Crippen LogP contribution is 2.48. The fraction of sp³-hybridized carbons (Fsp3) is 0.917. The minimum atomic E-state index is -5.97. The summed E-state index contributed by atoms with van der Waals surface area (Å²) >= 11 is 4.00. The molecule has 0 unspecified atom stereocenters. The average Bonchev–Trinajstić information content (AvgIpc) is 2.30. The molecule has 21 heavy (non-hydrogen) atoms. The van der Waals surface area contributed by atoms with E-state index in [1.807, 2.05) is 0 Å². The molecule has 2 nitrogen and oxygen atoms in total. The summed E-state index contributed by atoms with van der Waals surface area (Å²) in [6.45, 7) is 0. The van der Waals surface area contributed by atoms with Crippen LogP contribution in [-0.2, 0) is 4.79 Å². The summed E-state index contributed by atoms with van der Waals surface area (Å²) < 4.78 is 77.4. The molecule has 0 aromatic heterocycles. The van der Waals surface area contributed by atoms with Crippen molar-refractivity contribution in [3.8, 4) is 0 Å². The van der Waals surface area contributed by atoms with E-state index >= 15 is 0 Å². The summed E-state index contributed by atoms with van der Waals surface area (Å²) in [6, 6.07) is -0.719. The van der Waals surface area contributed by atoms with Crippen molar-refractivity contribution in [3.05, 3.63) is 0 Å². The van der Waals surface area contributed by atoms with Crippen LogP contribution in [0.2, 0.25) is 0 Å². The summed E-state index contributed by atoms with van der Waals surface area (Å²) in [4.78, 5) is 11.3. The second-order valence-corrected chi connectivity index (χ2v) is 5.64. The van der Waals surface area contributed by atoms with Crippen molar-refractivity contribution >= 4 is 17.5 Å². The molecule has 0 saturated heterocycles. The first-order valence-corrected chi connectivity index (χ1v) is 7.01. The number of hydrogen-bond donors (Lipinski definition) is 1. The van der Waals surface area contributed by atoms with Crippen LogP contribution >= 0.6 is 11.6 Å². The van der Waals surface area contributed by atoms with Crippen LogP contribution in [0, 0.1) is 0 Å². The summed E-state index contributed by atoms with van der Waals surface area (Å²) in [5, 5.41) is -3.77. The van der Waals surface area contributed by atoms with Gasteiger partial charge < -0.3 is 5.32 Å². The van der Waals surface area contributed by atoms with Gasteiger partial charge in [0.05, 0.1) is 0 Å². The van der Waals surface area contributed by atoms with Gasteiger partial charge in [0.2, 0.25) is 0 Å². The van der Waals surface area contributed by atoms with Gasteiger partial charge in [-0.2, -0.15) is 26.3 Å². The summed E-state index contributed by atoms with van der Waals surface area (Å²) in [6.07, 6.45) is 4.68. The third-order valence-electron chi connectivity index (χ3n) is 3.48. The van der Waals surface area contributed by atoms with Crippen molar-refractivity contribution in [2.45, 2.75) is 68.2 Å². The Morgan fingerprint density at radius 1 is 0.905 bits per heavy atom. The van der Waals surface area contributed by atoms with Crippen LogP contribution in [0.4, 0.5) is 26.3 Å². The molecule has 1 N–H and O–H groups in total. The lowest BCUT2D eigenvalue weighted by molar-refractivity contribution is -0.269. The minimum absolute atomic E-state index is 0.352. The zero-order valence-electron chi connectivity index (χ0n) is 11.1. The van der Waals surface area contributed by atoms with E-state index in [2.05, 4.69) is 11.6 Å². The highest BCUT2D eigenvalue weighted by Gasteiger charge is 2.74. The molecular formula is C12H16ClF6NO. The Kier molecular flexibility index (Phi) is 5.80. The number of hydrogen-bond acceptors (Lipinski definition) is 1. The van der Waals surface area contributed by atoms with E-state index in [4.69, 9.17) is 0 Å². The lowest BCUT2D eigenvalue weighted by atomic mass is 9.96. The highest BCUT2D eigenvalue weighted by atomic mass is 35.5. The third kappa shape index (κ3) is 4.17. The van der Waals surface area contributed by atoms with E-state index in [1.54, 1.807) is 5.32 Å². The highest BCUT2D eigenvalue weighted by molar-refractivity contribution is 6.22. The predicted molar refractivity (Wildman–Crippen MR) is 64.9 cm³/mol.